The SMILES string of the molecule is CCCC(C)c1ccc(OC(CC)C(=O)Nc2cccc(NC(=O)NC3=NN(c4ccccc4)C(=O)C3)c2)c(C(C)CCC)c1. The van der Waals surface area contributed by atoms with E-state index in [9.17, 15) is 14.4 Å². The first kappa shape index (κ1) is 33.2. The molecule has 9 heteroatoms. The average molecular weight is 612 g/mol. The molecular weight excluding hydrogens is 566 g/mol. The van der Waals surface area contributed by atoms with Crippen molar-refractivity contribution >= 4 is 40.7 Å². The van der Waals surface area contributed by atoms with Gasteiger partial charge in [-0.25, -0.2) is 4.79 Å². The lowest BCUT2D eigenvalue weighted by Gasteiger charge is -2.23. The van der Waals surface area contributed by atoms with Crippen molar-refractivity contribution in [3.05, 3.63) is 83.9 Å². The first-order valence-corrected chi connectivity index (χ1v) is 16.0. The largest absolute Gasteiger partial charge is 0.480 e. The van der Waals surface area contributed by atoms with Crippen LogP contribution in [0.2, 0.25) is 0 Å². The number of anilines is 3. The van der Waals surface area contributed by atoms with Crippen LogP contribution in [0.15, 0.2) is 77.9 Å². The van der Waals surface area contributed by atoms with Crippen molar-refractivity contribution in [2.75, 3.05) is 15.6 Å². The molecule has 0 spiro atoms. The molecule has 0 aliphatic carbocycles. The summed E-state index contributed by atoms with van der Waals surface area (Å²) in [5.41, 5.74) is 4.06. The molecule has 3 aromatic carbocycles. The molecule has 9 nitrogen and oxygen atoms in total. The first-order chi connectivity index (χ1) is 21.7. The normalized spacial score (nSPS) is 14.7. The van der Waals surface area contributed by atoms with Crippen molar-refractivity contribution in [2.45, 2.75) is 91.1 Å². The summed E-state index contributed by atoms with van der Waals surface area (Å²) < 4.78 is 6.37. The Kier molecular flexibility index (Phi) is 11.7. The summed E-state index contributed by atoms with van der Waals surface area (Å²) in [5.74, 6) is 1.26. The van der Waals surface area contributed by atoms with Gasteiger partial charge in [0, 0.05) is 11.4 Å². The van der Waals surface area contributed by atoms with E-state index in [1.807, 2.05) is 31.2 Å². The molecule has 0 saturated carbocycles. The second kappa shape index (κ2) is 15.9. The summed E-state index contributed by atoms with van der Waals surface area (Å²) in [5, 5.41) is 13.8. The van der Waals surface area contributed by atoms with Gasteiger partial charge in [0.25, 0.3) is 11.8 Å². The highest BCUT2D eigenvalue weighted by Gasteiger charge is 2.26. The Hall–Kier alpha value is -4.66. The molecule has 0 saturated heterocycles. The standard InChI is InChI=1S/C36H45N5O4/c1-6-13-24(4)26-19-20-32(30(21-26)25(5)14-7-2)45-31(8-3)35(43)37-27-15-12-16-28(22-27)38-36(44)39-33-23-34(42)41(40-33)29-17-10-9-11-18-29/h9-12,15-22,24-25,31H,6-8,13-14,23H2,1-5H3,(H,37,43)(H2,38,39,40,44). The smallest absolute Gasteiger partial charge is 0.324 e. The molecule has 3 N–H and O–H groups in total. The Morgan fingerprint density at radius 3 is 2.22 bits per heavy atom. The molecule has 0 bridgehead atoms. The molecule has 1 aliphatic heterocycles. The van der Waals surface area contributed by atoms with Crippen LogP contribution in [0.1, 0.15) is 96.1 Å². The Morgan fingerprint density at radius 2 is 1.53 bits per heavy atom. The molecule has 0 fully saturated rings. The van der Waals surface area contributed by atoms with Crippen molar-refractivity contribution in [3.63, 3.8) is 0 Å². The molecular formula is C36H45N5O4. The fourth-order valence-corrected chi connectivity index (χ4v) is 5.49. The first-order valence-electron chi connectivity index (χ1n) is 16.0. The molecule has 0 aromatic heterocycles. The summed E-state index contributed by atoms with van der Waals surface area (Å²) in [6.07, 6.45) is 4.13. The van der Waals surface area contributed by atoms with E-state index in [1.165, 1.54) is 10.6 Å². The third-order valence-corrected chi connectivity index (χ3v) is 7.93. The zero-order valence-corrected chi connectivity index (χ0v) is 26.9. The van der Waals surface area contributed by atoms with E-state index in [1.54, 1.807) is 36.4 Å². The highest BCUT2D eigenvalue weighted by molar-refractivity contribution is 6.16. The number of nitrogens with zero attached hydrogens (tertiary/aromatic N) is 2. The molecule has 3 unspecified atom stereocenters. The zero-order chi connectivity index (χ0) is 32.3. The Morgan fingerprint density at radius 1 is 0.844 bits per heavy atom. The number of hydrogen-bond acceptors (Lipinski definition) is 5. The molecule has 1 aliphatic rings. The molecule has 4 rings (SSSR count). The van der Waals surface area contributed by atoms with E-state index in [2.05, 4.69) is 60.9 Å². The minimum atomic E-state index is -0.693. The van der Waals surface area contributed by atoms with Crippen LogP contribution >= 0.6 is 0 Å². The minimum absolute atomic E-state index is 0.0176. The van der Waals surface area contributed by atoms with E-state index in [4.69, 9.17) is 4.74 Å². The average Bonchev–Trinajstić information content (AvgIpc) is 3.39. The van der Waals surface area contributed by atoms with Crippen molar-refractivity contribution in [1.82, 2.24) is 5.32 Å². The molecule has 4 amide bonds. The number of urea groups is 1. The van der Waals surface area contributed by atoms with E-state index < -0.39 is 12.1 Å². The number of hydrogen-bond donors (Lipinski definition) is 3. The molecule has 3 atom stereocenters. The van der Waals surface area contributed by atoms with Crippen LogP contribution in [0.5, 0.6) is 5.75 Å². The van der Waals surface area contributed by atoms with Gasteiger partial charge < -0.3 is 15.4 Å². The van der Waals surface area contributed by atoms with E-state index in [0.29, 0.717) is 35.3 Å². The van der Waals surface area contributed by atoms with Gasteiger partial charge in [-0.05, 0) is 78.6 Å². The van der Waals surface area contributed by atoms with Gasteiger partial charge in [-0.1, -0.05) is 83.9 Å². The fraction of sp³-hybridized carbons (Fsp3) is 0.389. The number of para-hydroxylation sites is 1. The molecule has 3 aromatic rings. The summed E-state index contributed by atoms with van der Waals surface area (Å²) in [6.45, 7) is 10.8. The number of carbonyl (C=O) groups excluding carboxylic acids is 3. The number of nitrogens with one attached hydrogen (secondary N) is 3. The van der Waals surface area contributed by atoms with Gasteiger partial charge in [-0.3, -0.25) is 14.9 Å². The van der Waals surface area contributed by atoms with Crippen LogP contribution in [0.25, 0.3) is 0 Å². The monoisotopic (exact) mass is 611 g/mol. The maximum Gasteiger partial charge on any atom is 0.324 e. The summed E-state index contributed by atoms with van der Waals surface area (Å²) in [6, 6.07) is 21.7. The van der Waals surface area contributed by atoms with Gasteiger partial charge in [-0.2, -0.15) is 10.1 Å². The zero-order valence-electron chi connectivity index (χ0n) is 26.9. The van der Waals surface area contributed by atoms with E-state index in [-0.39, 0.29) is 24.1 Å². The Labute approximate surface area is 266 Å². The topological polar surface area (TPSA) is 112 Å². The third-order valence-electron chi connectivity index (χ3n) is 7.93. The van der Waals surface area contributed by atoms with Crippen molar-refractivity contribution in [1.29, 1.82) is 0 Å². The van der Waals surface area contributed by atoms with Crippen LogP contribution in [0, 0.1) is 0 Å². The van der Waals surface area contributed by atoms with Gasteiger partial charge in [0.2, 0.25) is 0 Å². The highest BCUT2D eigenvalue weighted by Crippen LogP contribution is 2.34. The Bertz CT molecular complexity index is 1510. The van der Waals surface area contributed by atoms with Crippen LogP contribution in [0.4, 0.5) is 21.9 Å². The molecule has 45 heavy (non-hydrogen) atoms. The summed E-state index contributed by atoms with van der Waals surface area (Å²) in [7, 11) is 0. The van der Waals surface area contributed by atoms with Crippen molar-refractivity contribution in [2.24, 2.45) is 5.10 Å². The predicted molar refractivity (Wildman–Crippen MR) is 181 cm³/mol. The maximum atomic E-state index is 13.4. The van der Waals surface area contributed by atoms with Crippen LogP contribution < -0.4 is 25.7 Å². The van der Waals surface area contributed by atoms with Gasteiger partial charge in [0.1, 0.15) is 11.6 Å². The highest BCUT2D eigenvalue weighted by atomic mass is 16.5. The summed E-state index contributed by atoms with van der Waals surface area (Å²) >= 11 is 0. The lowest BCUT2D eigenvalue weighted by Crippen LogP contribution is -2.34. The fourth-order valence-electron chi connectivity index (χ4n) is 5.49. The number of amides is 4. The van der Waals surface area contributed by atoms with Crippen molar-refractivity contribution < 1.29 is 19.1 Å². The van der Waals surface area contributed by atoms with Crippen LogP contribution in [-0.4, -0.2) is 29.8 Å². The quantitative estimate of drug-likeness (QED) is 0.181. The number of hydrazone groups is 1. The lowest BCUT2D eigenvalue weighted by molar-refractivity contribution is -0.123. The second-order valence-electron chi connectivity index (χ2n) is 11.6. The van der Waals surface area contributed by atoms with E-state index in [0.717, 1.165) is 37.0 Å². The van der Waals surface area contributed by atoms with Gasteiger partial charge >= 0.3 is 6.03 Å². The number of amidine groups is 1. The molecule has 1 heterocycles. The van der Waals surface area contributed by atoms with Crippen LogP contribution in [-0.2, 0) is 9.59 Å². The maximum absolute atomic E-state index is 13.4. The predicted octanol–water partition coefficient (Wildman–Crippen LogP) is 8.16. The minimum Gasteiger partial charge on any atom is -0.480 e. The van der Waals surface area contributed by atoms with Gasteiger partial charge in [0.05, 0.1) is 12.1 Å². The molecule has 0 radical (unpaired) electrons. The number of rotatable bonds is 13. The van der Waals surface area contributed by atoms with Crippen molar-refractivity contribution in [3.8, 4) is 5.75 Å². The van der Waals surface area contributed by atoms with Crippen LogP contribution in [0.3, 0.4) is 0 Å². The second-order valence-corrected chi connectivity index (χ2v) is 11.6. The lowest BCUT2D eigenvalue weighted by atomic mass is 9.89. The van der Waals surface area contributed by atoms with E-state index >= 15 is 0 Å². The summed E-state index contributed by atoms with van der Waals surface area (Å²) in [4.78, 5) is 38.5. The third kappa shape index (κ3) is 8.94. The number of ether oxygens (including phenoxy) is 1. The Balaban J connectivity index is 1.40. The molecule has 238 valence electrons. The van der Waals surface area contributed by atoms with Gasteiger partial charge in [0.15, 0.2) is 6.10 Å². The van der Waals surface area contributed by atoms with Gasteiger partial charge in [-0.15, -0.1) is 0 Å². The number of carbonyl (C=O) groups is 3. The number of benzene rings is 3.